The summed E-state index contributed by atoms with van der Waals surface area (Å²) >= 11 is 0. The molecule has 5 nitrogen and oxygen atoms in total. The van der Waals surface area contributed by atoms with Crippen LogP contribution in [0.5, 0.6) is 0 Å². The summed E-state index contributed by atoms with van der Waals surface area (Å²) < 4.78 is 56.2. The smallest absolute Gasteiger partial charge is 0.330 e. The van der Waals surface area contributed by atoms with Crippen LogP contribution in [0.2, 0.25) is 0 Å². The van der Waals surface area contributed by atoms with Crippen molar-refractivity contribution in [2.75, 3.05) is 6.54 Å². The molecule has 0 saturated heterocycles. The summed E-state index contributed by atoms with van der Waals surface area (Å²) in [4.78, 5) is 0.456. The Bertz CT molecular complexity index is 1060. The lowest BCUT2D eigenvalue weighted by molar-refractivity contribution is -0.141. The van der Waals surface area contributed by atoms with Gasteiger partial charge in [-0.3, -0.25) is 0 Å². The summed E-state index contributed by atoms with van der Waals surface area (Å²) in [6, 6.07) is 14.5. The molecule has 1 aromatic heterocycles. The van der Waals surface area contributed by atoms with Crippen molar-refractivity contribution in [3.05, 3.63) is 78.1 Å². The molecule has 1 unspecified atom stereocenters. The van der Waals surface area contributed by atoms with E-state index in [1.165, 1.54) is 4.68 Å². The molecular weight excluding hydrogens is 413 g/mol. The van der Waals surface area contributed by atoms with Gasteiger partial charge in [0.25, 0.3) is 0 Å². The summed E-state index contributed by atoms with van der Waals surface area (Å²) in [5, 5.41) is 3.77. The number of nitrogens with one attached hydrogen (secondary N) is 1. The Balaban J connectivity index is 1.96. The van der Waals surface area contributed by atoms with Crippen molar-refractivity contribution in [3.8, 4) is 16.9 Å². The Labute approximate surface area is 175 Å². The van der Waals surface area contributed by atoms with Crippen LogP contribution >= 0.6 is 0 Å². The van der Waals surface area contributed by atoms with E-state index in [9.17, 15) is 17.4 Å². The first-order valence-electron chi connectivity index (χ1n) is 9.10. The average Bonchev–Trinajstić information content (AvgIpc) is 3.15. The Morgan fingerprint density at radius 3 is 2.37 bits per heavy atom. The van der Waals surface area contributed by atoms with Crippen LogP contribution in [0.25, 0.3) is 16.9 Å². The lowest BCUT2D eigenvalue weighted by Crippen LogP contribution is -2.18. The van der Waals surface area contributed by atoms with Gasteiger partial charge in [-0.25, -0.2) is 8.89 Å². The maximum atomic E-state index is 13.3. The lowest BCUT2D eigenvalue weighted by atomic mass is 10.1. The molecule has 1 atom stereocenters. The van der Waals surface area contributed by atoms with E-state index in [2.05, 4.69) is 16.4 Å². The monoisotopic (exact) mass is 434 g/mol. The first-order valence-corrected chi connectivity index (χ1v) is 10.2. The van der Waals surface area contributed by atoms with Crippen LogP contribution in [-0.2, 0) is 17.2 Å². The second-order valence-electron chi connectivity index (χ2n) is 6.70. The second-order valence-corrected chi connectivity index (χ2v) is 7.91. The molecule has 3 N–H and O–H groups in total. The quantitative estimate of drug-likeness (QED) is 0.581. The molecule has 3 aromatic rings. The molecule has 158 valence electrons. The third kappa shape index (κ3) is 4.98. The van der Waals surface area contributed by atoms with Gasteiger partial charge >= 0.3 is 6.18 Å². The summed E-state index contributed by atoms with van der Waals surface area (Å²) in [6.45, 7) is 6.03. The molecule has 0 fully saturated rings. The number of aryl methyl sites for hydroxylation is 1. The van der Waals surface area contributed by atoms with Gasteiger partial charge in [-0.05, 0) is 50.2 Å². The van der Waals surface area contributed by atoms with Crippen LogP contribution in [0.3, 0.4) is 0 Å². The summed E-state index contributed by atoms with van der Waals surface area (Å²) in [5.74, 6) is 0. The molecule has 0 aliphatic rings. The maximum Gasteiger partial charge on any atom is 0.435 e. The molecule has 0 aliphatic heterocycles. The number of aromatic nitrogens is 2. The Morgan fingerprint density at radius 1 is 1.17 bits per heavy atom. The number of halogens is 3. The zero-order chi connectivity index (χ0) is 21.9. The Hall–Kier alpha value is -2.91. The number of hydrogen-bond acceptors (Lipinski definition) is 3. The molecule has 0 saturated carbocycles. The number of alkyl halides is 3. The van der Waals surface area contributed by atoms with Gasteiger partial charge in [0, 0.05) is 11.3 Å². The van der Waals surface area contributed by atoms with E-state index in [0.29, 0.717) is 40.5 Å². The van der Waals surface area contributed by atoms with Crippen LogP contribution in [0.15, 0.2) is 71.8 Å². The van der Waals surface area contributed by atoms with E-state index in [0.717, 1.165) is 11.6 Å². The van der Waals surface area contributed by atoms with Crippen molar-refractivity contribution in [3.63, 3.8) is 0 Å². The zero-order valence-electron chi connectivity index (χ0n) is 16.2. The van der Waals surface area contributed by atoms with Gasteiger partial charge in [0.2, 0.25) is 0 Å². The minimum atomic E-state index is -4.57. The first kappa shape index (κ1) is 21.8. The minimum absolute atomic E-state index is 0.311. The summed E-state index contributed by atoms with van der Waals surface area (Å²) in [7, 11) is -1.55. The molecular formula is C21H21F3N4OS. The molecule has 3 rings (SSSR count). The highest BCUT2D eigenvalue weighted by Gasteiger charge is 2.35. The fourth-order valence-corrected chi connectivity index (χ4v) is 3.64. The van der Waals surface area contributed by atoms with Gasteiger partial charge in [0.1, 0.15) is 11.0 Å². The van der Waals surface area contributed by atoms with E-state index in [4.69, 9.17) is 5.73 Å². The number of hydrogen-bond donors (Lipinski definition) is 2. The Kier molecular flexibility index (Phi) is 6.42. The molecule has 9 heteroatoms. The molecule has 0 amide bonds. The van der Waals surface area contributed by atoms with Gasteiger partial charge in [-0.1, -0.05) is 36.4 Å². The number of benzene rings is 2. The standard InChI is InChI=1S/C21H21F3N4OS/c1-14-3-5-16(6-4-14)19-13-20(21(22,23)24)26-28(19)17-7-9-18(10-8-17)30(29)27-15(2)11-12-25/h3-10,13,27H,2,11-12,25H2,1H3. The molecule has 0 radical (unpaired) electrons. The molecule has 2 aromatic carbocycles. The van der Waals surface area contributed by atoms with Crippen molar-refractivity contribution in [1.29, 1.82) is 0 Å². The largest absolute Gasteiger partial charge is 0.435 e. The van der Waals surface area contributed by atoms with Crippen molar-refractivity contribution < 1.29 is 17.4 Å². The highest BCUT2D eigenvalue weighted by Crippen LogP contribution is 2.33. The van der Waals surface area contributed by atoms with E-state index in [-0.39, 0.29) is 0 Å². The molecule has 1 heterocycles. The highest BCUT2D eigenvalue weighted by atomic mass is 32.2. The third-order valence-electron chi connectivity index (χ3n) is 4.33. The SMILES string of the molecule is C=C(CCN)NS(=O)c1ccc(-n2nc(C(F)(F)F)cc2-c2ccc(C)cc2)cc1. The van der Waals surface area contributed by atoms with E-state index in [1.54, 1.807) is 36.4 Å². The topological polar surface area (TPSA) is 72.9 Å². The van der Waals surface area contributed by atoms with Gasteiger partial charge in [-0.2, -0.15) is 18.3 Å². The van der Waals surface area contributed by atoms with Crippen LogP contribution in [0.1, 0.15) is 17.7 Å². The first-order chi connectivity index (χ1) is 14.2. The molecule has 30 heavy (non-hydrogen) atoms. The van der Waals surface area contributed by atoms with Crippen LogP contribution in [-0.4, -0.2) is 20.5 Å². The lowest BCUT2D eigenvalue weighted by Gasteiger charge is -2.10. The summed E-state index contributed by atoms with van der Waals surface area (Å²) in [6.07, 6.45) is -4.09. The average molecular weight is 434 g/mol. The second kappa shape index (κ2) is 8.85. The normalized spacial score (nSPS) is 12.6. The van der Waals surface area contributed by atoms with E-state index >= 15 is 0 Å². The van der Waals surface area contributed by atoms with Crippen LogP contribution in [0, 0.1) is 6.92 Å². The van der Waals surface area contributed by atoms with Crippen molar-refractivity contribution >= 4 is 11.0 Å². The molecule has 0 aliphatic carbocycles. The van der Waals surface area contributed by atoms with Crippen molar-refractivity contribution in [2.45, 2.75) is 24.4 Å². The predicted octanol–water partition coefficient (Wildman–Crippen LogP) is 4.34. The Morgan fingerprint density at radius 2 is 1.80 bits per heavy atom. The number of rotatable bonds is 7. The molecule has 0 spiro atoms. The maximum absolute atomic E-state index is 13.3. The van der Waals surface area contributed by atoms with Crippen LogP contribution < -0.4 is 10.5 Å². The number of nitrogens with zero attached hydrogens (tertiary/aromatic N) is 2. The fraction of sp³-hybridized carbons (Fsp3) is 0.190. The van der Waals surface area contributed by atoms with Crippen molar-refractivity contribution in [1.82, 2.24) is 14.5 Å². The fourth-order valence-electron chi connectivity index (χ4n) is 2.77. The number of nitrogens with two attached hydrogens (primary N) is 1. The van der Waals surface area contributed by atoms with E-state index in [1.807, 2.05) is 19.1 Å². The van der Waals surface area contributed by atoms with Crippen molar-refractivity contribution in [2.24, 2.45) is 5.73 Å². The van der Waals surface area contributed by atoms with Crippen LogP contribution in [0.4, 0.5) is 13.2 Å². The third-order valence-corrected chi connectivity index (χ3v) is 5.50. The predicted molar refractivity (Wildman–Crippen MR) is 111 cm³/mol. The minimum Gasteiger partial charge on any atom is -0.330 e. The van der Waals surface area contributed by atoms with E-state index < -0.39 is 22.9 Å². The zero-order valence-corrected chi connectivity index (χ0v) is 17.1. The summed E-state index contributed by atoms with van der Waals surface area (Å²) in [5.41, 5.74) is 7.34. The highest BCUT2D eigenvalue weighted by molar-refractivity contribution is 7.83. The van der Waals surface area contributed by atoms with Gasteiger partial charge in [0.15, 0.2) is 5.69 Å². The van der Waals surface area contributed by atoms with Gasteiger partial charge in [0.05, 0.1) is 16.3 Å². The van der Waals surface area contributed by atoms with Gasteiger partial charge < -0.3 is 10.5 Å². The molecule has 0 bridgehead atoms. The van der Waals surface area contributed by atoms with Gasteiger partial charge in [-0.15, -0.1) is 0 Å².